The number of ether oxygens (including phenoxy) is 1. The van der Waals surface area contributed by atoms with Gasteiger partial charge in [0.25, 0.3) is 5.69 Å². The predicted octanol–water partition coefficient (Wildman–Crippen LogP) is 4.03. The van der Waals surface area contributed by atoms with E-state index >= 15 is 0 Å². The van der Waals surface area contributed by atoms with Crippen LogP contribution in [-0.2, 0) is 0 Å². The first-order chi connectivity index (χ1) is 13.4. The molecule has 146 valence electrons. The lowest BCUT2D eigenvalue weighted by Crippen LogP contribution is -2.27. The fraction of sp³-hybridized carbons (Fsp3) is 0.300. The minimum atomic E-state index is -0.446. The lowest BCUT2D eigenvalue weighted by Gasteiger charge is -2.21. The molecule has 1 aromatic heterocycles. The molecule has 0 aliphatic heterocycles. The molecule has 0 N–H and O–H groups in total. The number of likely N-dealkylation sites (N-methyl/N-ethyl adjacent to an activating group) is 1. The van der Waals surface area contributed by atoms with Crippen LogP contribution in [0.3, 0.4) is 0 Å². The number of nitro benzene ring substituents is 1. The van der Waals surface area contributed by atoms with E-state index in [9.17, 15) is 10.1 Å². The molecule has 3 rings (SSSR count). The molecule has 0 aliphatic rings. The molecular weight excluding hydrogens is 360 g/mol. The van der Waals surface area contributed by atoms with Crippen molar-refractivity contribution in [1.29, 1.82) is 0 Å². The van der Waals surface area contributed by atoms with Crippen LogP contribution in [0.2, 0.25) is 0 Å². The molecule has 0 fully saturated rings. The average molecular weight is 382 g/mol. The fourth-order valence-electron chi connectivity index (χ4n) is 2.57. The number of aromatic nitrogens is 2. The Morgan fingerprint density at radius 2 is 1.82 bits per heavy atom. The van der Waals surface area contributed by atoms with Crippen molar-refractivity contribution in [3.63, 3.8) is 0 Å². The molecule has 0 saturated carbocycles. The Morgan fingerprint density at radius 1 is 1.14 bits per heavy atom. The van der Waals surface area contributed by atoms with Crippen LogP contribution in [0.4, 0.5) is 5.69 Å². The molecule has 1 unspecified atom stereocenters. The van der Waals surface area contributed by atoms with Crippen molar-refractivity contribution in [1.82, 2.24) is 15.1 Å². The van der Waals surface area contributed by atoms with Gasteiger partial charge in [-0.3, -0.25) is 15.0 Å². The van der Waals surface area contributed by atoms with Crippen molar-refractivity contribution in [2.75, 3.05) is 20.2 Å². The highest BCUT2D eigenvalue weighted by atomic mass is 16.6. The summed E-state index contributed by atoms with van der Waals surface area (Å²) in [4.78, 5) is 12.4. The van der Waals surface area contributed by atoms with Gasteiger partial charge in [-0.05, 0) is 45.2 Å². The molecule has 0 spiro atoms. The summed E-state index contributed by atoms with van der Waals surface area (Å²) in [6.45, 7) is 5.23. The zero-order chi connectivity index (χ0) is 20.1. The van der Waals surface area contributed by atoms with Crippen LogP contribution >= 0.6 is 0 Å². The van der Waals surface area contributed by atoms with Crippen molar-refractivity contribution in [3.8, 4) is 17.2 Å². The van der Waals surface area contributed by atoms with E-state index in [0.717, 1.165) is 5.75 Å². The summed E-state index contributed by atoms with van der Waals surface area (Å²) in [6.07, 6.45) is 0. The SMILES string of the molecule is Cc1ccc(OCCN(C)C(C)c2nnc(-c3ccc([N+](=O)[O-])cc3)o2)cc1. The molecule has 1 heterocycles. The Bertz CT molecular complexity index is 922. The molecule has 3 aromatic rings. The average Bonchev–Trinajstić information content (AvgIpc) is 3.19. The molecule has 1 atom stereocenters. The van der Waals surface area contributed by atoms with Crippen LogP contribution in [0.1, 0.15) is 24.4 Å². The van der Waals surface area contributed by atoms with Gasteiger partial charge in [-0.1, -0.05) is 17.7 Å². The van der Waals surface area contributed by atoms with Gasteiger partial charge in [0.2, 0.25) is 11.8 Å². The number of non-ortho nitro benzene ring substituents is 1. The van der Waals surface area contributed by atoms with Crippen LogP contribution < -0.4 is 4.74 Å². The van der Waals surface area contributed by atoms with Gasteiger partial charge in [-0.25, -0.2) is 0 Å². The van der Waals surface area contributed by atoms with Gasteiger partial charge in [0.1, 0.15) is 12.4 Å². The van der Waals surface area contributed by atoms with E-state index < -0.39 is 4.92 Å². The number of nitrogens with zero attached hydrogens (tertiary/aromatic N) is 4. The molecule has 28 heavy (non-hydrogen) atoms. The molecule has 8 heteroatoms. The maximum absolute atomic E-state index is 10.7. The summed E-state index contributed by atoms with van der Waals surface area (Å²) in [5.41, 5.74) is 1.85. The lowest BCUT2D eigenvalue weighted by molar-refractivity contribution is -0.384. The normalized spacial score (nSPS) is 12.1. The third-order valence-corrected chi connectivity index (χ3v) is 4.52. The molecule has 0 saturated heterocycles. The number of nitro groups is 1. The first-order valence-electron chi connectivity index (χ1n) is 8.92. The van der Waals surface area contributed by atoms with Gasteiger partial charge in [-0.2, -0.15) is 0 Å². The molecule has 0 aliphatic carbocycles. The monoisotopic (exact) mass is 382 g/mol. The van der Waals surface area contributed by atoms with Gasteiger partial charge in [-0.15, -0.1) is 10.2 Å². The topological polar surface area (TPSA) is 94.5 Å². The molecule has 0 amide bonds. The Labute approximate surface area is 162 Å². The summed E-state index contributed by atoms with van der Waals surface area (Å²) in [7, 11) is 1.96. The fourth-order valence-corrected chi connectivity index (χ4v) is 2.57. The summed E-state index contributed by atoms with van der Waals surface area (Å²) in [6, 6.07) is 13.9. The predicted molar refractivity (Wildman–Crippen MR) is 104 cm³/mol. The quantitative estimate of drug-likeness (QED) is 0.429. The largest absolute Gasteiger partial charge is 0.492 e. The Morgan fingerprint density at radius 3 is 2.46 bits per heavy atom. The highest BCUT2D eigenvalue weighted by molar-refractivity contribution is 5.55. The number of hydrogen-bond donors (Lipinski definition) is 0. The van der Waals surface area contributed by atoms with E-state index in [2.05, 4.69) is 15.1 Å². The second-order valence-corrected chi connectivity index (χ2v) is 6.57. The molecule has 8 nitrogen and oxygen atoms in total. The third kappa shape index (κ3) is 4.72. The van der Waals surface area contributed by atoms with E-state index in [1.807, 2.05) is 45.2 Å². The van der Waals surface area contributed by atoms with E-state index in [-0.39, 0.29) is 11.7 Å². The lowest BCUT2D eigenvalue weighted by atomic mass is 10.2. The van der Waals surface area contributed by atoms with Crippen molar-refractivity contribution in [2.24, 2.45) is 0 Å². The van der Waals surface area contributed by atoms with Gasteiger partial charge >= 0.3 is 0 Å². The zero-order valence-corrected chi connectivity index (χ0v) is 16.0. The Kier molecular flexibility index (Phi) is 6.00. The smallest absolute Gasteiger partial charge is 0.269 e. The van der Waals surface area contributed by atoms with Crippen LogP contribution in [0.15, 0.2) is 52.9 Å². The first-order valence-corrected chi connectivity index (χ1v) is 8.92. The van der Waals surface area contributed by atoms with Crippen molar-refractivity contribution < 1.29 is 14.1 Å². The summed E-state index contributed by atoms with van der Waals surface area (Å²) >= 11 is 0. The molecular formula is C20H22N4O4. The second kappa shape index (κ2) is 8.62. The summed E-state index contributed by atoms with van der Waals surface area (Å²) in [5.74, 6) is 1.65. The van der Waals surface area contributed by atoms with E-state index in [0.29, 0.717) is 30.5 Å². The van der Waals surface area contributed by atoms with Gasteiger partial charge in [0, 0.05) is 24.2 Å². The van der Waals surface area contributed by atoms with E-state index in [4.69, 9.17) is 9.15 Å². The number of benzene rings is 2. The van der Waals surface area contributed by atoms with Crippen LogP contribution in [0.25, 0.3) is 11.5 Å². The van der Waals surface area contributed by atoms with Crippen molar-refractivity contribution in [2.45, 2.75) is 19.9 Å². The van der Waals surface area contributed by atoms with E-state index in [1.165, 1.54) is 17.7 Å². The number of hydrogen-bond acceptors (Lipinski definition) is 7. The minimum Gasteiger partial charge on any atom is -0.492 e. The minimum absolute atomic E-state index is 0.0187. The first kappa shape index (κ1) is 19.5. The second-order valence-electron chi connectivity index (χ2n) is 6.57. The summed E-state index contributed by atoms with van der Waals surface area (Å²) in [5, 5.41) is 18.9. The van der Waals surface area contributed by atoms with Crippen LogP contribution in [0.5, 0.6) is 5.75 Å². The number of aryl methyl sites for hydroxylation is 1. The van der Waals surface area contributed by atoms with Crippen LogP contribution in [0, 0.1) is 17.0 Å². The van der Waals surface area contributed by atoms with Crippen molar-refractivity contribution in [3.05, 3.63) is 70.1 Å². The maximum Gasteiger partial charge on any atom is 0.269 e. The van der Waals surface area contributed by atoms with Crippen LogP contribution in [-0.4, -0.2) is 40.2 Å². The standard InChI is InChI=1S/C20H22N4O4/c1-14-4-10-18(11-5-14)27-13-12-23(3)15(2)19-21-22-20(28-19)16-6-8-17(9-7-16)24(25)26/h4-11,15H,12-13H2,1-3H3. The summed E-state index contributed by atoms with van der Waals surface area (Å²) < 4.78 is 11.5. The molecule has 0 radical (unpaired) electrons. The number of rotatable bonds is 8. The van der Waals surface area contributed by atoms with Crippen molar-refractivity contribution >= 4 is 5.69 Å². The van der Waals surface area contributed by atoms with Gasteiger partial charge in [0.05, 0.1) is 11.0 Å². The van der Waals surface area contributed by atoms with E-state index in [1.54, 1.807) is 12.1 Å². The highest BCUT2D eigenvalue weighted by Gasteiger charge is 2.19. The van der Waals surface area contributed by atoms with Gasteiger partial charge in [0.15, 0.2) is 0 Å². The maximum atomic E-state index is 10.7. The molecule has 2 aromatic carbocycles. The Hall–Kier alpha value is -3.26. The zero-order valence-electron chi connectivity index (χ0n) is 16.0. The highest BCUT2D eigenvalue weighted by Crippen LogP contribution is 2.24. The Balaban J connectivity index is 1.57. The van der Waals surface area contributed by atoms with Gasteiger partial charge < -0.3 is 9.15 Å². The third-order valence-electron chi connectivity index (χ3n) is 4.52. The molecule has 0 bridgehead atoms.